The van der Waals surface area contributed by atoms with E-state index in [1.54, 1.807) is 0 Å². The normalized spacial score (nSPS) is 14.3. The van der Waals surface area contributed by atoms with E-state index in [0.29, 0.717) is 0 Å². The summed E-state index contributed by atoms with van der Waals surface area (Å²) in [7, 11) is 0. The van der Waals surface area contributed by atoms with Crippen molar-refractivity contribution in [1.82, 2.24) is 4.98 Å². The van der Waals surface area contributed by atoms with Crippen molar-refractivity contribution in [2.24, 2.45) is 0 Å². The van der Waals surface area contributed by atoms with Crippen molar-refractivity contribution in [3.05, 3.63) is 29.6 Å². The van der Waals surface area contributed by atoms with Crippen molar-refractivity contribution in [1.29, 1.82) is 0 Å². The molecule has 0 fully saturated rings. The zero-order valence-corrected chi connectivity index (χ0v) is 9.69. The van der Waals surface area contributed by atoms with Crippen LogP contribution in [-0.2, 0) is 16.4 Å². The van der Waals surface area contributed by atoms with Crippen LogP contribution in [-0.4, -0.2) is 27.3 Å². The van der Waals surface area contributed by atoms with E-state index in [1.807, 2.05) is 0 Å². The summed E-state index contributed by atoms with van der Waals surface area (Å²) in [6, 6.07) is 1.91. The summed E-state index contributed by atoms with van der Waals surface area (Å²) < 4.78 is 38.3. The average molecular weight is 263 g/mol. The highest BCUT2D eigenvalue weighted by Crippen LogP contribution is 2.37. The highest BCUT2D eigenvalue weighted by molar-refractivity contribution is 5.74. The lowest BCUT2D eigenvalue weighted by atomic mass is 9.80. The van der Waals surface area contributed by atoms with Crippen LogP contribution in [0, 0.1) is 0 Å². The molecule has 0 amide bonds. The van der Waals surface area contributed by atoms with Crippen LogP contribution in [0.5, 0.6) is 0 Å². The van der Waals surface area contributed by atoms with Crippen LogP contribution in [0.1, 0.15) is 25.1 Å². The van der Waals surface area contributed by atoms with Crippen molar-refractivity contribution in [2.45, 2.75) is 31.5 Å². The van der Waals surface area contributed by atoms with Crippen LogP contribution in [0.2, 0.25) is 0 Å². The molecule has 1 unspecified atom stereocenters. The SMILES string of the molecule is CC(C)(c1ncccc1C(F)(F)F)C(O)C(=O)O. The van der Waals surface area contributed by atoms with E-state index >= 15 is 0 Å². The third-order valence-electron chi connectivity index (χ3n) is 2.64. The maximum atomic E-state index is 12.8. The first kappa shape index (κ1) is 14.4. The summed E-state index contributed by atoms with van der Waals surface area (Å²) in [6.45, 7) is 2.40. The molecule has 1 aromatic heterocycles. The van der Waals surface area contributed by atoms with E-state index in [9.17, 15) is 23.1 Å². The second kappa shape index (κ2) is 4.56. The molecule has 0 aliphatic heterocycles. The molecule has 4 nitrogen and oxygen atoms in total. The van der Waals surface area contributed by atoms with Crippen molar-refractivity contribution in [2.75, 3.05) is 0 Å². The Morgan fingerprint density at radius 1 is 1.39 bits per heavy atom. The Hall–Kier alpha value is -1.63. The third kappa shape index (κ3) is 2.61. The number of halogens is 3. The van der Waals surface area contributed by atoms with E-state index in [2.05, 4.69) is 4.98 Å². The standard InChI is InChI=1S/C11H12F3NO3/c1-10(2,8(16)9(17)18)7-6(11(12,13)14)4-3-5-15-7/h3-5,8,16H,1-2H3,(H,17,18). The lowest BCUT2D eigenvalue weighted by Crippen LogP contribution is -2.41. The number of aliphatic hydroxyl groups excluding tert-OH is 1. The van der Waals surface area contributed by atoms with Crippen LogP contribution >= 0.6 is 0 Å². The number of aliphatic hydroxyl groups is 1. The molecule has 7 heteroatoms. The Labute approximate surface area is 101 Å². The fourth-order valence-corrected chi connectivity index (χ4v) is 1.59. The number of hydrogen-bond acceptors (Lipinski definition) is 3. The van der Waals surface area contributed by atoms with Gasteiger partial charge in [-0.1, -0.05) is 13.8 Å². The van der Waals surface area contributed by atoms with Crippen molar-refractivity contribution in [3.63, 3.8) is 0 Å². The van der Waals surface area contributed by atoms with E-state index in [-0.39, 0.29) is 0 Å². The van der Waals surface area contributed by atoms with Crippen molar-refractivity contribution < 1.29 is 28.2 Å². The van der Waals surface area contributed by atoms with Gasteiger partial charge in [-0.3, -0.25) is 4.98 Å². The van der Waals surface area contributed by atoms with Gasteiger partial charge in [0.1, 0.15) is 0 Å². The number of aromatic nitrogens is 1. The molecule has 0 aliphatic rings. The van der Waals surface area contributed by atoms with Crippen LogP contribution in [0.15, 0.2) is 18.3 Å². The minimum atomic E-state index is -4.65. The van der Waals surface area contributed by atoms with Gasteiger partial charge in [0, 0.05) is 11.6 Å². The van der Waals surface area contributed by atoms with Gasteiger partial charge in [-0.05, 0) is 12.1 Å². The zero-order chi connectivity index (χ0) is 14.1. The van der Waals surface area contributed by atoms with Gasteiger partial charge < -0.3 is 10.2 Å². The van der Waals surface area contributed by atoms with E-state index in [0.717, 1.165) is 18.3 Å². The fraction of sp³-hybridized carbons (Fsp3) is 0.455. The summed E-state index contributed by atoms with van der Waals surface area (Å²) in [4.78, 5) is 14.3. The minimum Gasteiger partial charge on any atom is -0.479 e. The molecule has 0 aromatic carbocycles. The molecule has 2 N–H and O–H groups in total. The first-order valence-electron chi connectivity index (χ1n) is 5.02. The summed E-state index contributed by atoms with van der Waals surface area (Å²) in [5, 5.41) is 18.2. The molecule has 1 heterocycles. The van der Waals surface area contributed by atoms with E-state index in [1.165, 1.54) is 13.8 Å². The second-order valence-corrected chi connectivity index (χ2v) is 4.36. The number of carbonyl (C=O) groups is 1. The van der Waals surface area contributed by atoms with Gasteiger partial charge in [-0.2, -0.15) is 13.2 Å². The smallest absolute Gasteiger partial charge is 0.418 e. The largest absolute Gasteiger partial charge is 0.479 e. The average Bonchev–Trinajstić information content (AvgIpc) is 2.26. The van der Waals surface area contributed by atoms with E-state index in [4.69, 9.17) is 5.11 Å². The molecule has 1 aromatic rings. The Balaban J connectivity index is 3.37. The fourth-order valence-electron chi connectivity index (χ4n) is 1.59. The maximum Gasteiger partial charge on any atom is 0.418 e. The molecule has 0 aliphatic carbocycles. The molecule has 0 radical (unpaired) electrons. The summed E-state index contributed by atoms with van der Waals surface area (Å²) >= 11 is 0. The molecular weight excluding hydrogens is 251 g/mol. The van der Waals surface area contributed by atoms with Crippen LogP contribution < -0.4 is 0 Å². The topological polar surface area (TPSA) is 70.4 Å². The van der Waals surface area contributed by atoms with Gasteiger partial charge in [0.05, 0.1) is 11.3 Å². The Morgan fingerprint density at radius 2 is 1.94 bits per heavy atom. The summed E-state index contributed by atoms with van der Waals surface area (Å²) in [5.74, 6) is -1.60. The zero-order valence-electron chi connectivity index (χ0n) is 9.69. The second-order valence-electron chi connectivity index (χ2n) is 4.36. The van der Waals surface area contributed by atoms with Crippen LogP contribution in [0.4, 0.5) is 13.2 Å². The number of hydrogen-bond donors (Lipinski definition) is 2. The van der Waals surface area contributed by atoms with Gasteiger partial charge in [-0.15, -0.1) is 0 Å². The molecular formula is C11H12F3NO3. The maximum absolute atomic E-state index is 12.8. The van der Waals surface area contributed by atoms with Crippen LogP contribution in [0.3, 0.4) is 0 Å². The lowest BCUT2D eigenvalue weighted by molar-refractivity contribution is -0.152. The first-order chi connectivity index (χ1) is 8.08. The van der Waals surface area contributed by atoms with Gasteiger partial charge >= 0.3 is 12.1 Å². The molecule has 1 rings (SSSR count). The number of carboxylic acids is 1. The molecule has 100 valence electrons. The number of carboxylic acid groups (broad SMARTS) is 1. The van der Waals surface area contributed by atoms with Gasteiger partial charge in [-0.25, -0.2) is 4.79 Å². The predicted molar refractivity (Wildman–Crippen MR) is 55.9 cm³/mol. The number of alkyl halides is 3. The molecule has 0 spiro atoms. The Morgan fingerprint density at radius 3 is 2.39 bits per heavy atom. The third-order valence-corrected chi connectivity index (χ3v) is 2.64. The van der Waals surface area contributed by atoms with E-state index < -0.39 is 34.9 Å². The number of nitrogens with zero attached hydrogens (tertiary/aromatic N) is 1. The number of pyridine rings is 1. The highest BCUT2D eigenvalue weighted by atomic mass is 19.4. The monoisotopic (exact) mass is 263 g/mol. The lowest BCUT2D eigenvalue weighted by Gasteiger charge is -2.29. The van der Waals surface area contributed by atoms with Gasteiger partial charge in [0.2, 0.25) is 0 Å². The Bertz CT molecular complexity index is 457. The molecule has 18 heavy (non-hydrogen) atoms. The quantitative estimate of drug-likeness (QED) is 0.872. The molecule has 0 saturated carbocycles. The van der Waals surface area contributed by atoms with Gasteiger partial charge in [0.15, 0.2) is 6.10 Å². The van der Waals surface area contributed by atoms with Gasteiger partial charge in [0.25, 0.3) is 0 Å². The summed E-state index contributed by atoms with van der Waals surface area (Å²) in [5.41, 5.74) is -3.19. The number of rotatable bonds is 3. The molecule has 0 saturated heterocycles. The minimum absolute atomic E-state index is 0.493. The summed E-state index contributed by atoms with van der Waals surface area (Å²) in [6.07, 6.45) is -5.51. The Kier molecular flexibility index (Phi) is 3.66. The first-order valence-corrected chi connectivity index (χ1v) is 5.02. The molecule has 0 bridgehead atoms. The molecule has 1 atom stereocenters. The predicted octanol–water partition coefficient (Wildman–Crippen LogP) is 1.82. The van der Waals surface area contributed by atoms with Crippen molar-refractivity contribution in [3.8, 4) is 0 Å². The van der Waals surface area contributed by atoms with Crippen LogP contribution in [0.25, 0.3) is 0 Å². The number of aliphatic carboxylic acids is 1. The highest BCUT2D eigenvalue weighted by Gasteiger charge is 2.43. The van der Waals surface area contributed by atoms with Crippen molar-refractivity contribution >= 4 is 5.97 Å².